The van der Waals surface area contributed by atoms with Gasteiger partial charge in [0.25, 0.3) is 5.91 Å². The van der Waals surface area contributed by atoms with Gasteiger partial charge in [0.2, 0.25) is 0 Å². The monoisotopic (exact) mass is 1040 g/mol. The number of hydrogen-bond acceptors (Lipinski definition) is 11. The van der Waals surface area contributed by atoms with Gasteiger partial charge < -0.3 is 39.6 Å². The molecule has 3 amide bonds. The number of likely N-dealkylation sites (tertiary alicyclic amines) is 2. The SMILES string of the molecule is CC(C)(C)OC(=O)N1CC(C=O)C1.CC1(CCC2CN(C(=O)OC(C)(C)C)C2)CC1.CC1(CCC2CNC2)CC1.Cl.Cl.Cn1cc2cc(NC(=O)c3cnc(N4CC(CCC5(C)CC5)C4)cn3)cc(F)c2n1. The summed E-state index contributed by atoms with van der Waals surface area (Å²) in [5, 5.41) is 10.7. The first-order valence-electron chi connectivity index (χ1n) is 26.0. The molecule has 3 aliphatic carbocycles. The number of rotatable bonds is 13. The second-order valence-electron chi connectivity index (χ2n) is 24.8. The second-order valence-corrected chi connectivity index (χ2v) is 24.8. The van der Waals surface area contributed by atoms with E-state index in [4.69, 9.17) is 9.47 Å². The number of benzene rings is 1. The van der Waals surface area contributed by atoms with Gasteiger partial charge in [-0.15, -0.1) is 24.8 Å². The van der Waals surface area contributed by atoms with Crippen LogP contribution in [-0.4, -0.2) is 117 Å². The number of nitrogens with zero attached hydrogens (tertiary/aromatic N) is 7. The Labute approximate surface area is 440 Å². The molecule has 4 saturated heterocycles. The van der Waals surface area contributed by atoms with Crippen molar-refractivity contribution in [3.63, 3.8) is 0 Å². The predicted octanol–water partition coefficient (Wildman–Crippen LogP) is 10.9. The van der Waals surface area contributed by atoms with Gasteiger partial charge in [0.05, 0.1) is 18.3 Å². The van der Waals surface area contributed by atoms with Crippen LogP contribution in [0.25, 0.3) is 10.9 Å². The highest BCUT2D eigenvalue weighted by Gasteiger charge is 2.41. The van der Waals surface area contributed by atoms with Crippen LogP contribution < -0.4 is 15.5 Å². The number of fused-ring (bicyclic) bond motifs is 1. The van der Waals surface area contributed by atoms with E-state index in [0.717, 1.165) is 55.5 Å². The maximum Gasteiger partial charge on any atom is 0.410 e. The van der Waals surface area contributed by atoms with E-state index in [-0.39, 0.29) is 59.7 Å². The van der Waals surface area contributed by atoms with Crippen molar-refractivity contribution in [2.45, 2.75) is 151 Å². The van der Waals surface area contributed by atoms with E-state index in [9.17, 15) is 23.6 Å². The summed E-state index contributed by atoms with van der Waals surface area (Å²) >= 11 is 0. The van der Waals surface area contributed by atoms with Gasteiger partial charge in [-0.3, -0.25) is 9.48 Å². The summed E-state index contributed by atoms with van der Waals surface area (Å²) in [5.41, 5.74) is 2.05. The molecule has 10 rings (SSSR count). The molecule has 18 heteroatoms. The van der Waals surface area contributed by atoms with Crippen molar-refractivity contribution < 1.29 is 33.0 Å². The molecule has 0 unspecified atom stereocenters. The van der Waals surface area contributed by atoms with Crippen LogP contribution in [0.2, 0.25) is 0 Å². The fourth-order valence-electron chi connectivity index (χ4n) is 8.92. The molecule has 2 N–H and O–H groups in total. The number of carbonyl (C=O) groups excluding carboxylic acids is 4. The summed E-state index contributed by atoms with van der Waals surface area (Å²) < 4.78 is 26.2. The molecule has 15 nitrogen and oxygen atoms in total. The Balaban J connectivity index is 0.000000194. The number of aldehydes is 1. The Morgan fingerprint density at radius 1 is 0.736 bits per heavy atom. The number of amides is 3. The number of aromatic nitrogens is 4. The molecule has 72 heavy (non-hydrogen) atoms. The maximum absolute atomic E-state index is 14.2. The Morgan fingerprint density at radius 2 is 1.22 bits per heavy atom. The van der Waals surface area contributed by atoms with E-state index in [0.29, 0.717) is 40.9 Å². The van der Waals surface area contributed by atoms with Crippen LogP contribution in [-0.2, 0) is 21.3 Å². The van der Waals surface area contributed by atoms with Crippen molar-refractivity contribution >= 4 is 71.6 Å². The molecule has 0 bridgehead atoms. The first-order valence-corrected chi connectivity index (χ1v) is 26.0. The minimum absolute atomic E-state index is 0. The molecule has 7 fully saturated rings. The van der Waals surface area contributed by atoms with Crippen LogP contribution in [0, 0.1) is 45.7 Å². The Kier molecular flexibility index (Phi) is 19.5. The second kappa shape index (κ2) is 23.9. The zero-order valence-electron chi connectivity index (χ0n) is 44.7. The lowest BCUT2D eigenvalue weighted by atomic mass is 9.90. The minimum Gasteiger partial charge on any atom is -0.444 e. The number of aryl methyl sites for hydroxylation is 1. The molecular weight excluding hydrogens is 961 g/mol. The highest BCUT2D eigenvalue weighted by atomic mass is 35.5. The van der Waals surface area contributed by atoms with Crippen molar-refractivity contribution in [2.24, 2.45) is 47.0 Å². The summed E-state index contributed by atoms with van der Waals surface area (Å²) in [6.45, 7) is 25.7. The van der Waals surface area contributed by atoms with Crippen LogP contribution in [0.15, 0.2) is 30.7 Å². The van der Waals surface area contributed by atoms with Gasteiger partial charge >= 0.3 is 12.2 Å². The van der Waals surface area contributed by atoms with Crippen molar-refractivity contribution in [3.05, 3.63) is 42.2 Å². The van der Waals surface area contributed by atoms with Crippen molar-refractivity contribution in [3.8, 4) is 0 Å². The Bertz CT molecular complexity index is 2290. The third-order valence-electron chi connectivity index (χ3n) is 15.1. The number of carbonyl (C=O) groups is 4. The molecule has 7 aliphatic rings. The van der Waals surface area contributed by atoms with E-state index in [1.54, 1.807) is 25.5 Å². The van der Waals surface area contributed by atoms with Crippen molar-refractivity contribution in [1.29, 1.82) is 0 Å². The lowest BCUT2D eigenvalue weighted by Gasteiger charge is -2.40. The van der Waals surface area contributed by atoms with Crippen LogP contribution in [0.5, 0.6) is 0 Å². The maximum atomic E-state index is 14.2. The Hall–Kier alpha value is -4.28. The van der Waals surface area contributed by atoms with Gasteiger partial charge in [0, 0.05) is 63.6 Å². The zero-order chi connectivity index (χ0) is 50.6. The Morgan fingerprint density at radius 3 is 1.65 bits per heavy atom. The summed E-state index contributed by atoms with van der Waals surface area (Å²) in [6.07, 6.45) is 21.9. The molecule has 402 valence electrons. The molecule has 6 heterocycles. The molecule has 3 aromatic rings. The number of halogens is 3. The standard InChI is InChI=1S/C22H25FN6O.C14H25NO2.C9H15NO3.C9H17N.2ClH/c1-22(5-6-22)4-3-14-11-29(12-14)19-10-24-18(9-25-19)21(30)26-16-7-15-13-28(2)27-20(15)17(23)8-16;1-13(2,3)17-12(16)15-9-11(10-15)5-6-14(4)7-8-14;1-9(2,3)13-8(12)10-4-7(5-10)6-11;1-9(4-5-9)3-2-8-6-10-7-8;;/h7-10,13-14H,3-6,11-12H2,1-2H3,(H,26,30);11H,5-10H2,1-4H3;6-7H,4-5H2,1-3H3;8,10H,2-7H2,1H3;2*1H. The van der Waals surface area contributed by atoms with Gasteiger partial charge in [-0.2, -0.15) is 5.10 Å². The molecule has 4 aliphatic heterocycles. The van der Waals surface area contributed by atoms with Crippen molar-refractivity contribution in [2.75, 3.05) is 62.6 Å². The average molecular weight is 1050 g/mol. The molecule has 2 aromatic heterocycles. The number of anilines is 2. The third kappa shape index (κ3) is 17.7. The molecule has 0 atom stereocenters. The predicted molar refractivity (Wildman–Crippen MR) is 286 cm³/mol. The highest BCUT2D eigenvalue weighted by molar-refractivity contribution is 6.03. The van der Waals surface area contributed by atoms with E-state index in [1.165, 1.54) is 112 Å². The number of ether oxygens (including phenoxy) is 2. The molecular formula is C54H84Cl2FN9O6. The van der Waals surface area contributed by atoms with Crippen LogP contribution in [0.1, 0.15) is 150 Å². The van der Waals surface area contributed by atoms with E-state index >= 15 is 0 Å². The quantitative estimate of drug-likeness (QED) is 0.157. The average Bonchev–Trinajstić information content (AvgIpc) is 4.17. The third-order valence-corrected chi connectivity index (χ3v) is 15.1. The van der Waals surface area contributed by atoms with Crippen LogP contribution in [0.3, 0.4) is 0 Å². The van der Waals surface area contributed by atoms with Crippen LogP contribution >= 0.6 is 24.8 Å². The normalized spacial score (nSPS) is 20.2. The first-order chi connectivity index (χ1) is 32.9. The summed E-state index contributed by atoms with van der Waals surface area (Å²) in [7, 11) is 1.72. The van der Waals surface area contributed by atoms with Gasteiger partial charge in [-0.25, -0.2) is 23.9 Å². The molecule has 1 aromatic carbocycles. The van der Waals surface area contributed by atoms with E-state index < -0.39 is 17.3 Å². The summed E-state index contributed by atoms with van der Waals surface area (Å²) in [6, 6.07) is 2.95. The van der Waals surface area contributed by atoms with E-state index in [1.807, 2.05) is 46.4 Å². The van der Waals surface area contributed by atoms with Gasteiger partial charge in [-0.1, -0.05) is 20.8 Å². The first kappa shape index (κ1) is 58.6. The lowest BCUT2D eigenvalue weighted by molar-refractivity contribution is -0.115. The molecule has 0 radical (unpaired) electrons. The minimum atomic E-state index is -0.479. The highest BCUT2D eigenvalue weighted by Crippen LogP contribution is 2.51. The molecule has 3 saturated carbocycles. The summed E-state index contributed by atoms with van der Waals surface area (Å²) in [5.74, 6) is 2.36. The lowest BCUT2D eigenvalue weighted by Crippen LogP contribution is -2.52. The van der Waals surface area contributed by atoms with Gasteiger partial charge in [0.1, 0.15) is 34.5 Å². The fraction of sp³-hybridized carbons (Fsp3) is 0.722. The topological polar surface area (TPSA) is 164 Å². The van der Waals surface area contributed by atoms with Crippen LogP contribution in [0.4, 0.5) is 25.5 Å². The smallest absolute Gasteiger partial charge is 0.410 e. The van der Waals surface area contributed by atoms with Crippen molar-refractivity contribution in [1.82, 2.24) is 34.9 Å². The fourth-order valence-corrected chi connectivity index (χ4v) is 8.92. The summed E-state index contributed by atoms with van der Waals surface area (Å²) in [4.78, 5) is 60.0. The van der Waals surface area contributed by atoms with E-state index in [2.05, 4.69) is 51.4 Å². The number of hydrogen-bond donors (Lipinski definition) is 2. The zero-order valence-corrected chi connectivity index (χ0v) is 46.3. The molecule has 0 spiro atoms. The van der Waals surface area contributed by atoms with Gasteiger partial charge in [0.15, 0.2) is 5.82 Å². The number of nitrogens with one attached hydrogen (secondary N) is 2. The largest absolute Gasteiger partial charge is 0.444 e. The van der Waals surface area contributed by atoms with Gasteiger partial charge in [-0.05, 0) is 178 Å².